The second kappa shape index (κ2) is 15.9. The van der Waals surface area contributed by atoms with Crippen molar-refractivity contribution in [2.24, 2.45) is 0 Å². The maximum Gasteiger partial charge on any atom is -1.00 e. The molecule has 0 N–H and O–H groups in total. The molecule has 8 rings (SSSR count). The largest absolute Gasteiger partial charge is 1.00 e. The van der Waals surface area contributed by atoms with E-state index in [4.69, 9.17) is 0 Å². The predicted octanol–water partition coefficient (Wildman–Crippen LogP) is 8.99. The summed E-state index contributed by atoms with van der Waals surface area (Å²) in [6, 6.07) is 43.0. The summed E-state index contributed by atoms with van der Waals surface area (Å²) in [4.78, 5) is 0. The normalized spacial score (nSPS) is 14.0. The van der Waals surface area contributed by atoms with Gasteiger partial charge in [0.1, 0.15) is 0 Å². The summed E-state index contributed by atoms with van der Waals surface area (Å²) >= 11 is -3.07. The van der Waals surface area contributed by atoms with Gasteiger partial charge in [-0.3, -0.25) is 0 Å². The van der Waals surface area contributed by atoms with Crippen LogP contribution in [0.3, 0.4) is 0 Å². The molecule has 0 nitrogen and oxygen atoms in total. The van der Waals surface area contributed by atoms with Gasteiger partial charge in [-0.15, -0.1) is 0 Å². The van der Waals surface area contributed by atoms with Crippen LogP contribution < -0.4 is 24.8 Å². The van der Waals surface area contributed by atoms with Crippen molar-refractivity contribution in [3.05, 3.63) is 175 Å². The third kappa shape index (κ3) is 7.86. The van der Waals surface area contributed by atoms with Crippen LogP contribution in [0.5, 0.6) is 0 Å². The van der Waals surface area contributed by atoms with Gasteiger partial charge in [0.25, 0.3) is 0 Å². The van der Waals surface area contributed by atoms with Crippen LogP contribution in [-0.4, -0.2) is 3.21 Å². The zero-order valence-electron chi connectivity index (χ0n) is 36.7. The molecule has 2 aliphatic rings. The fourth-order valence-corrected chi connectivity index (χ4v) is 18.7. The van der Waals surface area contributed by atoms with E-state index in [0.717, 1.165) is 6.42 Å². The fourth-order valence-electron chi connectivity index (χ4n) is 9.60. The van der Waals surface area contributed by atoms with Gasteiger partial charge in [-0.25, -0.2) is 0 Å². The summed E-state index contributed by atoms with van der Waals surface area (Å²) in [5, 5.41) is 5.34. The molecule has 0 spiro atoms. The van der Waals surface area contributed by atoms with Gasteiger partial charge in [0, 0.05) is 0 Å². The van der Waals surface area contributed by atoms with E-state index in [2.05, 4.69) is 211 Å². The van der Waals surface area contributed by atoms with Gasteiger partial charge in [0.15, 0.2) is 0 Å². The summed E-state index contributed by atoms with van der Waals surface area (Å²) in [6.07, 6.45) is 8.34. The van der Waals surface area contributed by atoms with Gasteiger partial charge < -0.3 is 24.8 Å². The molecule has 0 bridgehead atoms. The molecule has 0 aliphatic heterocycles. The second-order valence-electron chi connectivity index (χ2n) is 20.6. The Hall–Kier alpha value is -3.35. The van der Waals surface area contributed by atoms with Gasteiger partial charge in [-0.2, -0.15) is 0 Å². The first-order valence-corrected chi connectivity index (χ1v) is 24.7. The maximum absolute atomic E-state index is 3.07. The summed E-state index contributed by atoms with van der Waals surface area (Å²) in [5.74, 6) is 0. The van der Waals surface area contributed by atoms with E-state index in [1.165, 1.54) is 66.1 Å². The van der Waals surface area contributed by atoms with Crippen molar-refractivity contribution < 1.29 is 46.1 Å². The molecular formula is C55H60Cl2Zr. The molecule has 3 heteroatoms. The van der Waals surface area contributed by atoms with Crippen LogP contribution >= 0.6 is 0 Å². The minimum absolute atomic E-state index is 0. The SMILES string of the molecule is CC(C)(C)c1cc2c(cc1C(C)(C)C)[CH]([Zr+2]([C]1=CC=CC1)=[C](c1cccc3ccccc13)c1cccc3ccccc13)c1cc(C(C)(C)C)c(C(C)(C)C)cc1-2.[Cl-].[Cl-]. The zero-order valence-corrected chi connectivity index (χ0v) is 40.6. The number of allylic oxidation sites excluding steroid dienone is 4. The minimum Gasteiger partial charge on any atom is -1.00 e. The molecule has 298 valence electrons. The summed E-state index contributed by atoms with van der Waals surface area (Å²) in [6.45, 7) is 29.0. The molecule has 0 unspecified atom stereocenters. The Labute approximate surface area is 369 Å². The Morgan fingerprint density at radius 1 is 0.483 bits per heavy atom. The molecule has 6 aromatic carbocycles. The van der Waals surface area contributed by atoms with Crippen molar-refractivity contribution in [3.63, 3.8) is 0 Å². The van der Waals surface area contributed by atoms with Gasteiger partial charge >= 0.3 is 347 Å². The number of benzene rings is 6. The van der Waals surface area contributed by atoms with Crippen LogP contribution in [0.15, 0.2) is 131 Å². The van der Waals surface area contributed by atoms with Crippen molar-refractivity contribution in [2.75, 3.05) is 0 Å². The second-order valence-corrected chi connectivity index (χ2v) is 26.8. The molecule has 0 heterocycles. The summed E-state index contributed by atoms with van der Waals surface area (Å²) < 4.78 is 3.61. The fraction of sp³-hybridized carbons (Fsp3) is 0.327. The average Bonchev–Trinajstić information content (AvgIpc) is 3.78. The van der Waals surface area contributed by atoms with E-state index >= 15 is 0 Å². The van der Waals surface area contributed by atoms with Crippen LogP contribution in [0.4, 0.5) is 0 Å². The average molecular weight is 883 g/mol. The molecule has 0 fully saturated rings. The Morgan fingerprint density at radius 2 is 0.862 bits per heavy atom. The number of rotatable bonds is 4. The smallest absolute Gasteiger partial charge is 1.00 e. The monoisotopic (exact) mass is 880 g/mol. The third-order valence-corrected chi connectivity index (χ3v) is 20.5. The predicted molar refractivity (Wildman–Crippen MR) is 241 cm³/mol. The maximum atomic E-state index is 2.71. The van der Waals surface area contributed by atoms with Gasteiger partial charge in [0.2, 0.25) is 0 Å². The molecular weight excluding hydrogens is 823 g/mol. The van der Waals surface area contributed by atoms with Gasteiger partial charge in [-0.05, 0) is 0 Å². The first kappa shape index (κ1) is 44.2. The number of hydrogen-bond donors (Lipinski definition) is 0. The van der Waals surface area contributed by atoms with Crippen LogP contribution in [0.1, 0.15) is 138 Å². The Bertz CT molecular complexity index is 2470. The quantitative estimate of drug-likeness (QED) is 0.166. The standard InChI is InChI=1S/C29H41.C21H14.C5H5.2ClH.Zr/c1-26(2,3)22-14-18-13-19-15-23(27(4,5)6)25(29(10,11)12)17-21(19)20(18)16-24(22)28(7,8)9;1-3-13-20-16(7-1)9-5-11-18(20)15-19-12-6-10-17-8-2-4-14-21(17)19;1-2-4-5-3-1;;;/h13-17H,1-12H3;1-14H;1-3H,4H2;2*1H;/q;;;;;+2/p-2. The molecule has 58 heavy (non-hydrogen) atoms. The van der Waals surface area contributed by atoms with Crippen LogP contribution in [-0.2, 0) is 42.9 Å². The van der Waals surface area contributed by atoms with Crippen molar-refractivity contribution in [3.8, 4) is 11.1 Å². The van der Waals surface area contributed by atoms with Crippen LogP contribution in [0, 0.1) is 0 Å². The van der Waals surface area contributed by atoms with Gasteiger partial charge in [0.05, 0.1) is 0 Å². The van der Waals surface area contributed by atoms with E-state index < -0.39 is 21.3 Å². The third-order valence-electron chi connectivity index (χ3n) is 12.3. The first-order valence-electron chi connectivity index (χ1n) is 20.8. The molecule has 0 atom stereocenters. The number of halogens is 2. The molecule has 0 saturated carbocycles. The van der Waals surface area contributed by atoms with Crippen molar-refractivity contribution in [1.82, 2.24) is 0 Å². The first-order chi connectivity index (χ1) is 26.3. The molecule has 0 radical (unpaired) electrons. The van der Waals surface area contributed by atoms with E-state index in [0.29, 0.717) is 3.63 Å². The van der Waals surface area contributed by atoms with Gasteiger partial charge in [-0.1, -0.05) is 0 Å². The molecule has 6 aromatic rings. The van der Waals surface area contributed by atoms with E-state index in [-0.39, 0.29) is 46.5 Å². The Kier molecular flexibility index (Phi) is 12.1. The van der Waals surface area contributed by atoms with Crippen molar-refractivity contribution in [1.29, 1.82) is 0 Å². The van der Waals surface area contributed by atoms with E-state index in [1.54, 1.807) is 17.6 Å². The number of fused-ring (bicyclic) bond motifs is 5. The van der Waals surface area contributed by atoms with Crippen molar-refractivity contribution in [2.45, 2.75) is 115 Å². The van der Waals surface area contributed by atoms with Crippen LogP contribution in [0.25, 0.3) is 32.7 Å². The van der Waals surface area contributed by atoms with Crippen molar-refractivity contribution >= 4 is 24.8 Å². The molecule has 0 saturated heterocycles. The molecule has 2 aliphatic carbocycles. The molecule has 0 aromatic heterocycles. The summed E-state index contributed by atoms with van der Waals surface area (Å²) in [7, 11) is 0. The Balaban J connectivity index is 0.00000283. The Morgan fingerprint density at radius 3 is 1.24 bits per heavy atom. The summed E-state index contributed by atoms with van der Waals surface area (Å²) in [5.41, 5.74) is 14.8. The topological polar surface area (TPSA) is 0 Å². The number of hydrogen-bond acceptors (Lipinski definition) is 0. The van der Waals surface area contributed by atoms with E-state index in [1.807, 2.05) is 0 Å². The molecule has 0 amide bonds. The van der Waals surface area contributed by atoms with E-state index in [9.17, 15) is 0 Å². The van der Waals surface area contributed by atoms with Crippen LogP contribution in [0.2, 0.25) is 0 Å². The minimum atomic E-state index is -3.07. The zero-order chi connectivity index (χ0) is 39.9.